The molecule has 0 bridgehead atoms. The minimum atomic E-state index is -4.69. The lowest BCUT2D eigenvalue weighted by molar-refractivity contribution is -0.137. The highest BCUT2D eigenvalue weighted by molar-refractivity contribution is 6.34. The van der Waals surface area contributed by atoms with Crippen molar-refractivity contribution in [1.29, 1.82) is 0 Å². The molecule has 0 radical (unpaired) electrons. The number of aliphatic imine (C=N–C) groups is 1. The van der Waals surface area contributed by atoms with Gasteiger partial charge in [-0.3, -0.25) is 4.79 Å². The lowest BCUT2D eigenvalue weighted by atomic mass is 9.73. The van der Waals surface area contributed by atoms with Crippen molar-refractivity contribution in [2.45, 2.75) is 37.3 Å². The predicted molar refractivity (Wildman–Crippen MR) is 116 cm³/mol. The minimum Gasteiger partial charge on any atom is -0.462 e. The Morgan fingerprint density at radius 2 is 2.09 bits per heavy atom. The molecule has 0 aliphatic carbocycles. The summed E-state index contributed by atoms with van der Waals surface area (Å²) in [6.07, 6.45) is -4.59. The van der Waals surface area contributed by atoms with Crippen LogP contribution in [0.4, 0.5) is 27.6 Å². The summed E-state index contributed by atoms with van der Waals surface area (Å²) in [4.78, 5) is 20.3. The first-order chi connectivity index (χ1) is 16.4. The molecule has 3 N–H and O–H groups in total. The number of carbonyl (C=O) groups is 1. The lowest BCUT2D eigenvalue weighted by Gasteiger charge is -2.46. The number of carbonyl (C=O) groups excluding carboxylic acids is 1. The summed E-state index contributed by atoms with van der Waals surface area (Å²) in [6, 6.07) is 3.66. The molecule has 0 spiro atoms. The van der Waals surface area contributed by atoms with Crippen LogP contribution in [0.2, 0.25) is 5.02 Å². The smallest absolute Gasteiger partial charge is 0.417 e. The van der Waals surface area contributed by atoms with Gasteiger partial charge in [-0.05, 0) is 31.2 Å². The highest BCUT2D eigenvalue weighted by atomic mass is 35.5. The number of alkyl halides is 4. The molecule has 1 amide bonds. The fraction of sp³-hybridized carbons (Fsp3) is 0.409. The number of anilines is 1. The number of benzene rings is 1. The quantitative estimate of drug-likeness (QED) is 0.583. The minimum absolute atomic E-state index is 0.0129. The molecular formula is C22H20ClF5N4O3. The van der Waals surface area contributed by atoms with Crippen molar-refractivity contribution in [2.75, 3.05) is 18.6 Å². The number of fused-ring (bicyclic) bond motifs is 1. The zero-order valence-electron chi connectivity index (χ0n) is 18.2. The van der Waals surface area contributed by atoms with Crippen molar-refractivity contribution >= 4 is 29.2 Å². The van der Waals surface area contributed by atoms with Crippen LogP contribution in [0.1, 0.15) is 35.0 Å². The van der Waals surface area contributed by atoms with Crippen LogP contribution in [-0.4, -0.2) is 42.4 Å². The second-order valence-electron chi connectivity index (χ2n) is 8.35. The zero-order valence-corrected chi connectivity index (χ0v) is 19.0. The molecule has 4 atom stereocenters. The maximum atomic E-state index is 15.0. The van der Waals surface area contributed by atoms with Crippen LogP contribution < -0.4 is 11.1 Å². The molecule has 3 heterocycles. The monoisotopic (exact) mass is 518 g/mol. The number of nitrogens with one attached hydrogen (secondary N) is 1. The second-order valence-corrected chi connectivity index (χ2v) is 8.76. The maximum absolute atomic E-state index is 15.0. The third-order valence-corrected chi connectivity index (χ3v) is 6.33. The second kappa shape index (κ2) is 9.23. The first-order valence-electron chi connectivity index (χ1n) is 10.5. The molecule has 2 aromatic rings. The molecule has 1 aromatic heterocycles. The van der Waals surface area contributed by atoms with Crippen molar-refractivity contribution < 1.29 is 36.2 Å². The molecule has 0 unspecified atom stereocenters. The Morgan fingerprint density at radius 3 is 2.74 bits per heavy atom. The van der Waals surface area contributed by atoms with Crippen LogP contribution in [0.25, 0.3) is 0 Å². The molecule has 4 rings (SSSR count). The van der Waals surface area contributed by atoms with Gasteiger partial charge in [0.25, 0.3) is 11.9 Å². The van der Waals surface area contributed by atoms with E-state index in [1.165, 1.54) is 12.1 Å². The Hall–Kier alpha value is -2.99. The summed E-state index contributed by atoms with van der Waals surface area (Å²) in [5.74, 6) is -2.46. The molecule has 35 heavy (non-hydrogen) atoms. The van der Waals surface area contributed by atoms with Crippen LogP contribution in [0.15, 0.2) is 35.5 Å². The van der Waals surface area contributed by atoms with Crippen molar-refractivity contribution in [3.63, 3.8) is 0 Å². The van der Waals surface area contributed by atoms with E-state index in [-0.39, 0.29) is 30.0 Å². The van der Waals surface area contributed by atoms with E-state index in [0.29, 0.717) is 18.7 Å². The number of hydrogen-bond donors (Lipinski definition) is 2. The standard InChI is InChI=1S/C22H20ClF5N4O3/c1-10-4-17-14(8-34-10)21(9-24,32-20(29)35-17)13-6-12(2-3-16(13)25)31-19(33)18-15(23)5-11(7-30-18)22(26,27)28/h2-3,5-7,10,14,17H,4,8-9H2,1H3,(H2,29,32)(H,31,33)/t10-,14+,17-,21-/m1/s1. The number of pyridine rings is 1. The van der Waals surface area contributed by atoms with Crippen molar-refractivity contribution in [1.82, 2.24) is 4.98 Å². The molecule has 7 nitrogen and oxygen atoms in total. The highest BCUT2D eigenvalue weighted by Crippen LogP contribution is 2.45. The predicted octanol–water partition coefficient (Wildman–Crippen LogP) is 4.45. The molecule has 1 fully saturated rings. The number of rotatable bonds is 4. The number of aromatic nitrogens is 1. The third kappa shape index (κ3) is 4.76. The number of nitrogens with two attached hydrogens (primary N) is 1. The van der Waals surface area contributed by atoms with E-state index in [2.05, 4.69) is 15.3 Å². The fourth-order valence-corrected chi connectivity index (χ4v) is 4.57. The number of halogens is 6. The first-order valence-corrected chi connectivity index (χ1v) is 10.9. The van der Waals surface area contributed by atoms with E-state index in [1.54, 1.807) is 0 Å². The summed E-state index contributed by atoms with van der Waals surface area (Å²) in [5.41, 5.74) is 2.25. The summed E-state index contributed by atoms with van der Waals surface area (Å²) in [5, 5.41) is 1.87. The van der Waals surface area contributed by atoms with Crippen molar-refractivity contribution in [3.05, 3.63) is 58.1 Å². The van der Waals surface area contributed by atoms with Gasteiger partial charge >= 0.3 is 6.18 Å². The fourth-order valence-electron chi connectivity index (χ4n) is 4.32. The number of hydrogen-bond acceptors (Lipinski definition) is 6. The van der Waals surface area contributed by atoms with E-state index in [4.69, 9.17) is 26.8 Å². The number of nitrogens with zero attached hydrogens (tertiary/aromatic N) is 2. The Balaban J connectivity index is 1.67. The molecule has 1 saturated heterocycles. The number of ether oxygens (including phenoxy) is 2. The van der Waals surface area contributed by atoms with Crippen LogP contribution >= 0.6 is 11.6 Å². The molecular weight excluding hydrogens is 499 g/mol. The molecule has 0 saturated carbocycles. The molecule has 1 aromatic carbocycles. The van der Waals surface area contributed by atoms with Gasteiger partial charge in [0.2, 0.25) is 0 Å². The SMILES string of the molecule is C[C@@H]1C[C@H]2OC(N)=N[C@](CF)(c3cc(NC(=O)c4ncc(C(F)(F)F)cc4Cl)ccc3F)[C@H]2CO1. The Bertz CT molecular complexity index is 1180. The van der Waals surface area contributed by atoms with Crippen LogP contribution in [-0.2, 0) is 21.2 Å². The average Bonchev–Trinajstić information content (AvgIpc) is 2.78. The molecule has 2 aliphatic heterocycles. The Kier molecular flexibility index (Phi) is 6.62. The zero-order chi connectivity index (χ0) is 25.5. The summed E-state index contributed by atoms with van der Waals surface area (Å²) in [6.45, 7) is 0.722. The molecule has 188 valence electrons. The topological polar surface area (TPSA) is 98.8 Å². The van der Waals surface area contributed by atoms with Crippen molar-refractivity contribution in [3.8, 4) is 0 Å². The lowest BCUT2D eigenvalue weighted by Crippen LogP contribution is -2.55. The molecule has 13 heteroatoms. The largest absolute Gasteiger partial charge is 0.462 e. The van der Waals surface area contributed by atoms with Gasteiger partial charge in [0, 0.05) is 23.9 Å². The van der Waals surface area contributed by atoms with E-state index in [9.17, 15) is 22.4 Å². The van der Waals surface area contributed by atoms with Gasteiger partial charge in [-0.1, -0.05) is 11.6 Å². The summed E-state index contributed by atoms with van der Waals surface area (Å²) in [7, 11) is 0. The molecule has 2 aliphatic rings. The van der Waals surface area contributed by atoms with Crippen LogP contribution in [0, 0.1) is 11.7 Å². The van der Waals surface area contributed by atoms with Gasteiger partial charge in [0.05, 0.1) is 29.2 Å². The summed E-state index contributed by atoms with van der Waals surface area (Å²) >= 11 is 5.83. The normalized spacial score (nSPS) is 26.4. The number of amidine groups is 1. The van der Waals surface area contributed by atoms with Gasteiger partial charge in [0.15, 0.2) is 0 Å². The Labute approximate surface area is 201 Å². The number of amides is 1. The summed E-state index contributed by atoms with van der Waals surface area (Å²) < 4.78 is 79.4. The van der Waals surface area contributed by atoms with E-state index in [0.717, 1.165) is 6.07 Å². The average molecular weight is 519 g/mol. The van der Waals surface area contributed by atoms with Gasteiger partial charge < -0.3 is 20.5 Å². The van der Waals surface area contributed by atoms with Gasteiger partial charge in [0.1, 0.15) is 29.8 Å². The maximum Gasteiger partial charge on any atom is 0.417 e. The van der Waals surface area contributed by atoms with Gasteiger partial charge in [-0.2, -0.15) is 13.2 Å². The Morgan fingerprint density at radius 1 is 1.34 bits per heavy atom. The van der Waals surface area contributed by atoms with Gasteiger partial charge in [-0.25, -0.2) is 18.8 Å². The highest BCUT2D eigenvalue weighted by Gasteiger charge is 2.52. The van der Waals surface area contributed by atoms with E-state index >= 15 is 4.39 Å². The van der Waals surface area contributed by atoms with Gasteiger partial charge in [-0.15, -0.1) is 0 Å². The van der Waals surface area contributed by atoms with E-state index < -0.39 is 58.4 Å². The van der Waals surface area contributed by atoms with Crippen LogP contribution in [0.3, 0.4) is 0 Å². The first kappa shape index (κ1) is 25.1. The van der Waals surface area contributed by atoms with Crippen molar-refractivity contribution in [2.24, 2.45) is 16.6 Å². The van der Waals surface area contributed by atoms with E-state index in [1.807, 2.05) is 6.92 Å². The third-order valence-electron chi connectivity index (χ3n) is 6.05. The van der Waals surface area contributed by atoms with Crippen LogP contribution in [0.5, 0.6) is 0 Å².